The summed E-state index contributed by atoms with van der Waals surface area (Å²) in [5.41, 5.74) is 6.64. The highest BCUT2D eigenvalue weighted by Gasteiger charge is 2.36. The quantitative estimate of drug-likeness (QED) is 0.794. The fraction of sp³-hybridized carbons (Fsp3) is 0.688. The number of nitrogen functional groups attached to an aromatic ring is 1. The second-order valence-corrected chi connectivity index (χ2v) is 6.87. The van der Waals surface area contributed by atoms with Gasteiger partial charge in [-0.2, -0.15) is 0 Å². The number of hydrogen-bond donors (Lipinski definition) is 3. The number of aromatic nitrogens is 1. The average Bonchev–Trinajstić information content (AvgIpc) is 3.24. The van der Waals surface area contributed by atoms with E-state index in [1.807, 2.05) is 10.8 Å². The van der Waals surface area contributed by atoms with Gasteiger partial charge >= 0.3 is 0 Å². The Morgan fingerprint density at radius 2 is 2.10 bits per heavy atom. The highest BCUT2D eigenvalue weighted by atomic mass is 16.3. The summed E-state index contributed by atoms with van der Waals surface area (Å²) in [6.07, 6.45) is 7.85. The smallest absolute Gasteiger partial charge is 0.268 e. The van der Waals surface area contributed by atoms with Crippen LogP contribution in [0.5, 0.6) is 0 Å². The maximum absolute atomic E-state index is 12.6. The molecule has 1 amide bonds. The minimum atomic E-state index is -0.461. The third-order valence-electron chi connectivity index (χ3n) is 4.96. The molecule has 5 nitrogen and oxygen atoms in total. The Hall–Kier alpha value is -1.49. The first-order valence-corrected chi connectivity index (χ1v) is 7.94. The van der Waals surface area contributed by atoms with Crippen molar-refractivity contribution in [2.45, 2.75) is 57.0 Å². The molecule has 116 valence electrons. The van der Waals surface area contributed by atoms with E-state index in [0.717, 1.165) is 38.5 Å². The number of nitrogens with two attached hydrogens (primary N) is 1. The van der Waals surface area contributed by atoms with Crippen molar-refractivity contribution in [1.29, 1.82) is 0 Å². The lowest BCUT2D eigenvalue weighted by Crippen LogP contribution is -2.53. The van der Waals surface area contributed by atoms with Gasteiger partial charge in [0.15, 0.2) is 0 Å². The molecule has 0 aliphatic heterocycles. The number of nitrogens with zero attached hydrogens (tertiary/aromatic N) is 1. The fourth-order valence-corrected chi connectivity index (χ4v) is 3.28. The van der Waals surface area contributed by atoms with E-state index in [1.54, 1.807) is 6.07 Å². The minimum Gasteiger partial charge on any atom is -0.397 e. The van der Waals surface area contributed by atoms with Crippen LogP contribution in [0.2, 0.25) is 0 Å². The molecule has 2 aliphatic carbocycles. The van der Waals surface area contributed by atoms with Crippen LogP contribution in [0, 0.1) is 5.92 Å². The molecule has 0 radical (unpaired) electrons. The van der Waals surface area contributed by atoms with E-state index in [0.29, 0.717) is 23.3 Å². The summed E-state index contributed by atoms with van der Waals surface area (Å²) in [4.78, 5) is 12.6. The number of carbonyl (C=O) groups is 1. The molecular weight excluding hydrogens is 266 g/mol. The van der Waals surface area contributed by atoms with Crippen LogP contribution in [0.1, 0.15) is 62.0 Å². The van der Waals surface area contributed by atoms with E-state index < -0.39 is 5.54 Å². The number of anilines is 1. The van der Waals surface area contributed by atoms with E-state index in [9.17, 15) is 9.90 Å². The Labute approximate surface area is 125 Å². The molecule has 0 spiro atoms. The summed E-state index contributed by atoms with van der Waals surface area (Å²) in [6, 6.07) is 2.16. The molecule has 2 saturated carbocycles. The molecule has 1 heterocycles. The molecule has 0 unspecified atom stereocenters. The molecule has 1 aromatic heterocycles. The van der Waals surface area contributed by atoms with Crippen molar-refractivity contribution >= 4 is 11.6 Å². The third-order valence-corrected chi connectivity index (χ3v) is 4.96. The number of aliphatic hydroxyl groups is 1. The second-order valence-electron chi connectivity index (χ2n) is 6.87. The largest absolute Gasteiger partial charge is 0.397 e. The van der Waals surface area contributed by atoms with Crippen molar-refractivity contribution in [2.75, 3.05) is 12.3 Å². The molecule has 5 heteroatoms. The van der Waals surface area contributed by atoms with E-state index in [-0.39, 0.29) is 12.5 Å². The molecule has 1 aromatic rings. The summed E-state index contributed by atoms with van der Waals surface area (Å²) >= 11 is 0. The van der Waals surface area contributed by atoms with E-state index in [2.05, 4.69) is 12.2 Å². The second kappa shape index (κ2) is 5.37. The molecule has 2 aliphatic rings. The Bertz CT molecular complexity index is 526. The molecule has 0 aromatic carbocycles. The number of carbonyl (C=O) groups excluding carboxylic acids is 1. The Morgan fingerprint density at radius 3 is 2.67 bits per heavy atom. The monoisotopic (exact) mass is 291 g/mol. The Balaban J connectivity index is 1.76. The number of amides is 1. The van der Waals surface area contributed by atoms with Gasteiger partial charge in [0.25, 0.3) is 5.91 Å². The van der Waals surface area contributed by atoms with Gasteiger partial charge in [0.1, 0.15) is 5.69 Å². The van der Waals surface area contributed by atoms with Crippen LogP contribution in [0.25, 0.3) is 0 Å². The SMILES string of the molecule is CC1CCC(CO)(NC(=O)c2cc(N)cn2C2CC2)CC1. The van der Waals surface area contributed by atoms with Gasteiger partial charge < -0.3 is 20.7 Å². The minimum absolute atomic E-state index is 0.00504. The predicted molar refractivity (Wildman–Crippen MR) is 82.0 cm³/mol. The fourth-order valence-electron chi connectivity index (χ4n) is 3.28. The first-order valence-electron chi connectivity index (χ1n) is 7.94. The van der Waals surface area contributed by atoms with Gasteiger partial charge in [-0.15, -0.1) is 0 Å². The lowest BCUT2D eigenvalue weighted by Gasteiger charge is -2.38. The Morgan fingerprint density at radius 1 is 1.43 bits per heavy atom. The van der Waals surface area contributed by atoms with Crippen molar-refractivity contribution in [1.82, 2.24) is 9.88 Å². The standard InChI is InChI=1S/C16H25N3O2/c1-11-4-6-16(10-20,7-5-11)18-15(21)14-8-12(17)9-19(14)13-2-3-13/h8-9,11,13,20H,2-7,10,17H2,1H3,(H,18,21). The molecule has 0 bridgehead atoms. The van der Waals surface area contributed by atoms with Gasteiger partial charge in [0, 0.05) is 12.2 Å². The van der Waals surface area contributed by atoms with Gasteiger partial charge in [-0.25, -0.2) is 0 Å². The van der Waals surface area contributed by atoms with Gasteiger partial charge in [0.2, 0.25) is 0 Å². The third kappa shape index (κ3) is 2.93. The van der Waals surface area contributed by atoms with Crippen molar-refractivity contribution in [3.63, 3.8) is 0 Å². The summed E-state index contributed by atoms with van der Waals surface area (Å²) in [7, 11) is 0. The van der Waals surface area contributed by atoms with Gasteiger partial charge in [-0.1, -0.05) is 6.92 Å². The van der Waals surface area contributed by atoms with Crippen LogP contribution in [0.4, 0.5) is 5.69 Å². The Kier molecular flexibility index (Phi) is 3.69. The topological polar surface area (TPSA) is 80.3 Å². The lowest BCUT2D eigenvalue weighted by molar-refractivity contribution is 0.0709. The zero-order valence-electron chi connectivity index (χ0n) is 12.6. The maximum atomic E-state index is 12.6. The lowest BCUT2D eigenvalue weighted by atomic mass is 9.77. The van der Waals surface area contributed by atoms with E-state index in [4.69, 9.17) is 5.73 Å². The van der Waals surface area contributed by atoms with Crippen LogP contribution in [-0.2, 0) is 0 Å². The summed E-state index contributed by atoms with van der Waals surface area (Å²) in [5, 5.41) is 12.9. The van der Waals surface area contributed by atoms with E-state index >= 15 is 0 Å². The predicted octanol–water partition coefficient (Wildman–Crippen LogP) is 2.08. The molecular formula is C16H25N3O2. The van der Waals surface area contributed by atoms with Gasteiger partial charge in [0.05, 0.1) is 17.8 Å². The first-order chi connectivity index (χ1) is 10.0. The van der Waals surface area contributed by atoms with Crippen LogP contribution in [0.15, 0.2) is 12.3 Å². The van der Waals surface area contributed by atoms with Crippen LogP contribution >= 0.6 is 0 Å². The number of rotatable bonds is 4. The zero-order chi connectivity index (χ0) is 15.0. The highest BCUT2D eigenvalue weighted by Crippen LogP contribution is 2.37. The number of aliphatic hydroxyl groups excluding tert-OH is 1. The van der Waals surface area contributed by atoms with Crippen molar-refractivity contribution in [2.24, 2.45) is 5.92 Å². The molecule has 0 saturated heterocycles. The summed E-state index contributed by atoms with van der Waals surface area (Å²) in [6.45, 7) is 2.23. The zero-order valence-corrected chi connectivity index (χ0v) is 12.6. The molecule has 4 N–H and O–H groups in total. The van der Waals surface area contributed by atoms with Crippen molar-refractivity contribution in [3.8, 4) is 0 Å². The molecule has 21 heavy (non-hydrogen) atoms. The molecule has 2 fully saturated rings. The van der Waals surface area contributed by atoms with Gasteiger partial charge in [-0.3, -0.25) is 4.79 Å². The van der Waals surface area contributed by atoms with Crippen molar-refractivity contribution in [3.05, 3.63) is 18.0 Å². The molecule has 0 atom stereocenters. The summed E-state index contributed by atoms with van der Waals surface area (Å²) in [5.74, 6) is 0.565. The number of hydrogen-bond acceptors (Lipinski definition) is 3. The first kappa shape index (κ1) is 14.4. The highest BCUT2D eigenvalue weighted by molar-refractivity contribution is 5.94. The van der Waals surface area contributed by atoms with Gasteiger partial charge in [-0.05, 0) is 50.5 Å². The molecule has 3 rings (SSSR count). The van der Waals surface area contributed by atoms with Crippen LogP contribution in [0.3, 0.4) is 0 Å². The average molecular weight is 291 g/mol. The van der Waals surface area contributed by atoms with Crippen LogP contribution < -0.4 is 11.1 Å². The van der Waals surface area contributed by atoms with Crippen LogP contribution in [-0.4, -0.2) is 27.7 Å². The van der Waals surface area contributed by atoms with Crippen molar-refractivity contribution < 1.29 is 9.90 Å². The maximum Gasteiger partial charge on any atom is 0.268 e. The summed E-state index contributed by atoms with van der Waals surface area (Å²) < 4.78 is 1.99. The van der Waals surface area contributed by atoms with E-state index in [1.165, 1.54) is 0 Å². The number of nitrogens with one attached hydrogen (secondary N) is 1. The normalized spacial score (nSPS) is 29.3.